The molecule has 0 spiro atoms. The smallest absolute Gasteiger partial charge is 0.339 e. The van der Waals surface area contributed by atoms with Crippen LogP contribution in [0.1, 0.15) is 21.5 Å². The van der Waals surface area contributed by atoms with Crippen molar-refractivity contribution in [1.82, 2.24) is 0 Å². The Morgan fingerprint density at radius 1 is 1.00 bits per heavy atom. The number of carbonyl (C=O) groups is 1. The van der Waals surface area contributed by atoms with Crippen LogP contribution in [0, 0.1) is 12.7 Å². The second kappa shape index (κ2) is 7.18. The molecule has 0 amide bonds. The highest BCUT2D eigenvalue weighted by Crippen LogP contribution is 2.35. The molecule has 3 aromatic rings. The first-order valence-electron chi connectivity index (χ1n) is 8.67. The monoisotopic (exact) mass is 410 g/mol. The Kier molecular flexibility index (Phi) is 4.68. The first kappa shape index (κ1) is 18.9. The van der Waals surface area contributed by atoms with Crippen LogP contribution in [-0.4, -0.2) is 14.2 Å². The maximum absolute atomic E-state index is 13.8. The fourth-order valence-electron chi connectivity index (χ4n) is 2.83. The predicted octanol–water partition coefficient (Wildman–Crippen LogP) is 4.52. The topological polar surface area (TPSA) is 69.7 Å². The number of hydrogen-bond acceptors (Lipinski definition) is 5. The maximum atomic E-state index is 13.8. The van der Waals surface area contributed by atoms with Gasteiger partial charge in [0.25, 0.3) is 0 Å². The first-order chi connectivity index (χ1) is 13.8. The molecule has 3 aromatic carbocycles. The van der Waals surface area contributed by atoms with Gasteiger partial charge in [-0.3, -0.25) is 4.79 Å². The van der Waals surface area contributed by atoms with Crippen LogP contribution >= 0.6 is 0 Å². The van der Waals surface area contributed by atoms with Gasteiger partial charge in [-0.1, -0.05) is 35.9 Å². The highest BCUT2D eigenvalue weighted by Gasteiger charge is 2.29. The third-order valence-corrected chi connectivity index (χ3v) is 5.61. The fraction of sp³-hybridized carbons (Fsp3) is 0.0455. The molecule has 0 saturated heterocycles. The van der Waals surface area contributed by atoms with Crippen LogP contribution in [0.15, 0.2) is 77.4 Å². The summed E-state index contributed by atoms with van der Waals surface area (Å²) in [6.07, 6.45) is 1.31. The van der Waals surface area contributed by atoms with E-state index in [0.717, 1.165) is 5.56 Å². The lowest BCUT2D eigenvalue weighted by Crippen LogP contribution is -2.09. The number of carbonyl (C=O) groups excluding carboxylic acids is 1. The van der Waals surface area contributed by atoms with Gasteiger partial charge in [0.1, 0.15) is 22.2 Å². The van der Waals surface area contributed by atoms with Gasteiger partial charge < -0.3 is 8.92 Å². The molecule has 0 N–H and O–H groups in total. The zero-order chi connectivity index (χ0) is 20.6. The number of ketones is 1. The summed E-state index contributed by atoms with van der Waals surface area (Å²) in [5, 5.41) is 0. The molecule has 1 heterocycles. The number of allylic oxidation sites excluding steroid dienone is 1. The zero-order valence-corrected chi connectivity index (χ0v) is 16.1. The fourth-order valence-corrected chi connectivity index (χ4v) is 3.75. The van der Waals surface area contributed by atoms with Crippen molar-refractivity contribution in [3.05, 3.63) is 95.0 Å². The molecule has 1 aliphatic rings. The van der Waals surface area contributed by atoms with E-state index in [1.54, 1.807) is 24.3 Å². The van der Waals surface area contributed by atoms with Gasteiger partial charge in [0, 0.05) is 11.6 Å². The van der Waals surface area contributed by atoms with Crippen molar-refractivity contribution in [3.63, 3.8) is 0 Å². The van der Waals surface area contributed by atoms with Crippen molar-refractivity contribution in [2.24, 2.45) is 0 Å². The molecular weight excluding hydrogens is 395 g/mol. The van der Waals surface area contributed by atoms with E-state index in [-0.39, 0.29) is 33.3 Å². The number of benzene rings is 3. The summed E-state index contributed by atoms with van der Waals surface area (Å²) < 4.78 is 49.4. The van der Waals surface area contributed by atoms with Crippen LogP contribution < -0.4 is 8.92 Å². The number of fused-ring (bicyclic) bond motifs is 1. The molecule has 0 aromatic heterocycles. The van der Waals surface area contributed by atoms with Crippen LogP contribution in [0.4, 0.5) is 4.39 Å². The number of rotatable bonds is 4. The molecule has 4 rings (SSSR count). The highest BCUT2D eigenvalue weighted by molar-refractivity contribution is 7.87. The van der Waals surface area contributed by atoms with Gasteiger partial charge in [0.05, 0.1) is 5.56 Å². The van der Waals surface area contributed by atoms with Crippen LogP contribution in [0.3, 0.4) is 0 Å². The molecule has 1 aliphatic heterocycles. The van der Waals surface area contributed by atoms with Gasteiger partial charge in [-0.15, -0.1) is 0 Å². The average Bonchev–Trinajstić information content (AvgIpc) is 2.98. The molecule has 0 radical (unpaired) electrons. The Morgan fingerprint density at radius 2 is 1.72 bits per heavy atom. The number of halogens is 1. The molecule has 0 aliphatic carbocycles. The summed E-state index contributed by atoms with van der Waals surface area (Å²) in [5.74, 6) is -0.807. The second-order valence-electron chi connectivity index (χ2n) is 6.47. The van der Waals surface area contributed by atoms with Gasteiger partial charge in [0.2, 0.25) is 5.78 Å². The molecule has 5 nitrogen and oxygen atoms in total. The number of aryl methyl sites for hydroxylation is 1. The van der Waals surface area contributed by atoms with E-state index in [2.05, 4.69) is 0 Å². The average molecular weight is 410 g/mol. The van der Waals surface area contributed by atoms with E-state index in [4.69, 9.17) is 8.92 Å². The van der Waals surface area contributed by atoms with Gasteiger partial charge >= 0.3 is 10.1 Å². The number of Topliss-reactive ketones (excluding diaryl/α,β-unsaturated/α-hetero) is 1. The van der Waals surface area contributed by atoms with E-state index in [1.165, 1.54) is 48.5 Å². The van der Waals surface area contributed by atoms with Crippen molar-refractivity contribution >= 4 is 22.0 Å². The third-order valence-electron chi connectivity index (χ3n) is 4.35. The van der Waals surface area contributed by atoms with Gasteiger partial charge in [-0.2, -0.15) is 8.42 Å². The lowest BCUT2D eigenvalue weighted by Gasteiger charge is -2.08. The van der Waals surface area contributed by atoms with E-state index in [9.17, 15) is 17.6 Å². The van der Waals surface area contributed by atoms with E-state index < -0.39 is 21.7 Å². The largest absolute Gasteiger partial charge is 0.452 e. The van der Waals surface area contributed by atoms with Crippen LogP contribution in [0.25, 0.3) is 6.08 Å². The molecular formula is C22H15FO5S. The minimum Gasteiger partial charge on any atom is -0.452 e. The standard InChI is InChI=1S/C22H15FO5S/c1-14-6-9-17(10-7-14)29(25,26)28-16-8-11-18-20(13-16)27-21(22(18)24)12-15-4-2-3-5-19(15)23/h2-13H,1H3/b21-12-. The van der Waals surface area contributed by atoms with E-state index in [1.807, 2.05) is 6.92 Å². The van der Waals surface area contributed by atoms with Gasteiger partial charge in [0.15, 0.2) is 5.76 Å². The molecule has 0 unspecified atom stereocenters. The molecule has 0 bridgehead atoms. The van der Waals surface area contributed by atoms with Crippen molar-refractivity contribution in [2.45, 2.75) is 11.8 Å². The van der Waals surface area contributed by atoms with Crippen molar-refractivity contribution in [3.8, 4) is 11.5 Å². The number of ether oxygens (including phenoxy) is 1. The van der Waals surface area contributed by atoms with Crippen LogP contribution in [0.5, 0.6) is 11.5 Å². The van der Waals surface area contributed by atoms with Crippen molar-refractivity contribution in [2.75, 3.05) is 0 Å². The van der Waals surface area contributed by atoms with Gasteiger partial charge in [-0.25, -0.2) is 4.39 Å². The summed E-state index contributed by atoms with van der Waals surface area (Å²) in [4.78, 5) is 12.5. The van der Waals surface area contributed by atoms with Crippen molar-refractivity contribution < 1.29 is 26.5 Å². The SMILES string of the molecule is Cc1ccc(S(=O)(=O)Oc2ccc3c(c2)O/C(=C\c2ccccc2F)C3=O)cc1. The van der Waals surface area contributed by atoms with Crippen LogP contribution in [-0.2, 0) is 10.1 Å². The van der Waals surface area contributed by atoms with Gasteiger partial charge in [-0.05, 0) is 43.3 Å². The number of hydrogen-bond donors (Lipinski definition) is 0. The molecule has 0 saturated carbocycles. The quantitative estimate of drug-likeness (QED) is 0.467. The molecule has 29 heavy (non-hydrogen) atoms. The lowest BCUT2D eigenvalue weighted by atomic mass is 10.1. The summed E-state index contributed by atoms with van der Waals surface area (Å²) in [5.41, 5.74) is 1.37. The predicted molar refractivity (Wildman–Crippen MR) is 105 cm³/mol. The van der Waals surface area contributed by atoms with Crippen LogP contribution in [0.2, 0.25) is 0 Å². The Morgan fingerprint density at radius 3 is 2.45 bits per heavy atom. The molecule has 0 atom stereocenters. The Bertz CT molecular complexity index is 1240. The van der Waals surface area contributed by atoms with Crippen molar-refractivity contribution in [1.29, 1.82) is 0 Å². The molecule has 7 heteroatoms. The summed E-state index contributed by atoms with van der Waals surface area (Å²) in [6.45, 7) is 1.85. The summed E-state index contributed by atoms with van der Waals surface area (Å²) >= 11 is 0. The zero-order valence-electron chi connectivity index (χ0n) is 15.3. The summed E-state index contributed by atoms with van der Waals surface area (Å²) in [7, 11) is -4.03. The third kappa shape index (κ3) is 3.77. The second-order valence-corrected chi connectivity index (χ2v) is 8.02. The van der Waals surface area contributed by atoms with E-state index in [0.29, 0.717) is 0 Å². The summed E-state index contributed by atoms with van der Waals surface area (Å²) in [6, 6.07) is 16.3. The first-order valence-corrected chi connectivity index (χ1v) is 10.1. The molecule has 146 valence electrons. The Labute approximate surface area is 167 Å². The Hall–Kier alpha value is -3.45. The normalized spacial score (nSPS) is 14.6. The minimum absolute atomic E-state index is 0.00395. The maximum Gasteiger partial charge on any atom is 0.339 e. The highest BCUT2D eigenvalue weighted by atomic mass is 32.2. The lowest BCUT2D eigenvalue weighted by molar-refractivity contribution is 0.101. The van der Waals surface area contributed by atoms with E-state index >= 15 is 0 Å². The molecule has 0 fully saturated rings. The Balaban J connectivity index is 1.61. The minimum atomic E-state index is -4.03.